The number of hydrogen-bond donors (Lipinski definition) is 1. The quantitative estimate of drug-likeness (QED) is 0.194. The van der Waals surface area contributed by atoms with Gasteiger partial charge in [-0.3, -0.25) is 34.2 Å². The number of hydrogen-bond acceptors (Lipinski definition) is 7. The number of nitrogens with zero attached hydrogens (tertiary/aromatic N) is 3. The molecular weight excluding hydrogens is 562 g/mol. The van der Waals surface area contributed by atoms with E-state index in [-0.39, 0.29) is 41.8 Å². The Kier molecular flexibility index (Phi) is 6.11. The lowest BCUT2D eigenvalue weighted by atomic mass is 9.51. The minimum absolute atomic E-state index is 0.0286. The fraction of sp³-hybridized carbons (Fsp3) is 0.294. The maximum absolute atomic E-state index is 14.4. The smallest absolute Gasteiger partial charge is 0.269 e. The van der Waals surface area contributed by atoms with Gasteiger partial charge < -0.3 is 5.11 Å². The Morgan fingerprint density at radius 1 is 0.841 bits per heavy atom. The van der Waals surface area contributed by atoms with Crippen molar-refractivity contribution < 1.29 is 29.2 Å². The number of aryl methyl sites for hydroxylation is 1. The average Bonchev–Trinajstić information content (AvgIpc) is 3.38. The monoisotopic (exact) mass is 591 g/mol. The second-order valence-corrected chi connectivity index (χ2v) is 12.3. The number of rotatable bonds is 4. The van der Waals surface area contributed by atoms with E-state index in [4.69, 9.17) is 0 Å². The molecule has 1 saturated carbocycles. The van der Waals surface area contributed by atoms with E-state index in [2.05, 4.69) is 0 Å². The van der Waals surface area contributed by atoms with Crippen LogP contribution >= 0.6 is 0 Å². The van der Waals surface area contributed by atoms with E-state index in [0.29, 0.717) is 16.8 Å². The van der Waals surface area contributed by atoms with Gasteiger partial charge >= 0.3 is 0 Å². The third kappa shape index (κ3) is 3.66. The Morgan fingerprint density at radius 3 is 2.20 bits per heavy atom. The lowest BCUT2D eigenvalue weighted by Crippen LogP contribution is -2.49. The molecule has 6 unspecified atom stereocenters. The van der Waals surface area contributed by atoms with E-state index >= 15 is 0 Å². The van der Waals surface area contributed by atoms with Gasteiger partial charge in [0.05, 0.1) is 39.5 Å². The molecule has 6 atom stereocenters. The Balaban J connectivity index is 1.36. The van der Waals surface area contributed by atoms with Crippen LogP contribution in [-0.4, -0.2) is 33.7 Å². The molecule has 10 nitrogen and oxygen atoms in total. The van der Waals surface area contributed by atoms with E-state index in [1.807, 2.05) is 6.08 Å². The number of aromatic hydroxyl groups is 1. The molecule has 0 spiro atoms. The van der Waals surface area contributed by atoms with Gasteiger partial charge in [-0.25, -0.2) is 4.90 Å². The van der Waals surface area contributed by atoms with Crippen molar-refractivity contribution in [2.45, 2.75) is 32.6 Å². The van der Waals surface area contributed by atoms with Crippen LogP contribution in [0.25, 0.3) is 0 Å². The van der Waals surface area contributed by atoms with Gasteiger partial charge in [-0.15, -0.1) is 0 Å². The largest absolute Gasteiger partial charge is 0.507 e. The third-order valence-corrected chi connectivity index (χ3v) is 10.2. The molecule has 44 heavy (non-hydrogen) atoms. The predicted octanol–water partition coefficient (Wildman–Crippen LogP) is 5.04. The molecule has 3 fully saturated rings. The lowest BCUT2D eigenvalue weighted by Gasteiger charge is -2.49. The lowest BCUT2D eigenvalue weighted by molar-refractivity contribution is -0.384. The van der Waals surface area contributed by atoms with E-state index in [1.54, 1.807) is 62.4 Å². The summed E-state index contributed by atoms with van der Waals surface area (Å²) in [4.78, 5) is 69.4. The first-order chi connectivity index (χ1) is 21.1. The zero-order valence-electron chi connectivity index (χ0n) is 24.0. The van der Waals surface area contributed by atoms with Crippen molar-refractivity contribution in [1.29, 1.82) is 0 Å². The van der Waals surface area contributed by atoms with Gasteiger partial charge in [-0.1, -0.05) is 48.0 Å². The number of nitro groups is 1. The van der Waals surface area contributed by atoms with Crippen molar-refractivity contribution in [2.24, 2.45) is 29.1 Å². The summed E-state index contributed by atoms with van der Waals surface area (Å²) in [6, 6.07) is 19.4. The van der Waals surface area contributed by atoms with E-state index < -0.39 is 51.7 Å². The molecule has 3 aromatic rings. The summed E-state index contributed by atoms with van der Waals surface area (Å²) in [5, 5.41) is 22.5. The summed E-state index contributed by atoms with van der Waals surface area (Å²) in [6.07, 6.45) is 2.36. The summed E-state index contributed by atoms with van der Waals surface area (Å²) in [6.45, 7) is 3.55. The zero-order valence-corrected chi connectivity index (χ0v) is 24.0. The maximum Gasteiger partial charge on any atom is 0.269 e. The van der Waals surface area contributed by atoms with Crippen LogP contribution in [0.4, 0.5) is 17.1 Å². The summed E-state index contributed by atoms with van der Waals surface area (Å²) in [7, 11) is 0. The topological polar surface area (TPSA) is 138 Å². The molecule has 2 saturated heterocycles. The van der Waals surface area contributed by atoms with Gasteiger partial charge in [-0.05, 0) is 62.4 Å². The molecule has 7 rings (SSSR count). The maximum atomic E-state index is 14.4. The number of amides is 4. The number of fused-ring (bicyclic) bond motifs is 4. The summed E-state index contributed by atoms with van der Waals surface area (Å²) in [5.41, 5.74) is 1.19. The first-order valence-corrected chi connectivity index (χ1v) is 14.6. The van der Waals surface area contributed by atoms with Crippen LogP contribution in [0.2, 0.25) is 0 Å². The molecule has 2 aliphatic heterocycles. The van der Waals surface area contributed by atoms with E-state index in [0.717, 1.165) is 10.5 Å². The molecule has 2 heterocycles. The Morgan fingerprint density at radius 2 is 1.52 bits per heavy atom. The van der Waals surface area contributed by atoms with Gasteiger partial charge in [0.25, 0.3) is 5.69 Å². The molecular formula is C34H29N3O7. The van der Waals surface area contributed by atoms with Crippen LogP contribution in [0.5, 0.6) is 5.75 Å². The highest BCUT2D eigenvalue weighted by Gasteiger charge is 2.68. The molecule has 222 valence electrons. The number of phenols is 1. The van der Waals surface area contributed by atoms with Crippen molar-refractivity contribution in [3.05, 3.63) is 106 Å². The highest BCUT2D eigenvalue weighted by molar-refractivity contribution is 6.25. The fourth-order valence-electron chi connectivity index (χ4n) is 8.08. The highest BCUT2D eigenvalue weighted by atomic mass is 16.6. The molecule has 0 bridgehead atoms. The zero-order chi connectivity index (χ0) is 31.1. The molecule has 4 aliphatic rings. The molecule has 10 heteroatoms. The van der Waals surface area contributed by atoms with Gasteiger partial charge in [0.1, 0.15) is 5.75 Å². The van der Waals surface area contributed by atoms with Crippen LogP contribution in [0.15, 0.2) is 84.4 Å². The number of allylic oxidation sites excluding steroid dienone is 2. The summed E-state index contributed by atoms with van der Waals surface area (Å²) >= 11 is 0. The van der Waals surface area contributed by atoms with Gasteiger partial charge in [-0.2, -0.15) is 0 Å². The minimum Gasteiger partial charge on any atom is -0.507 e. The van der Waals surface area contributed by atoms with Gasteiger partial charge in [0.15, 0.2) is 0 Å². The second kappa shape index (κ2) is 9.70. The molecule has 3 aromatic carbocycles. The third-order valence-electron chi connectivity index (χ3n) is 10.2. The van der Waals surface area contributed by atoms with Crippen LogP contribution in [0.3, 0.4) is 0 Å². The van der Waals surface area contributed by atoms with Gasteiger partial charge in [0.2, 0.25) is 23.6 Å². The number of imide groups is 2. The Hall–Kier alpha value is -5.12. The van der Waals surface area contributed by atoms with Crippen LogP contribution in [0, 0.1) is 46.1 Å². The number of anilines is 2. The molecule has 0 radical (unpaired) electrons. The van der Waals surface area contributed by atoms with E-state index in [9.17, 15) is 34.4 Å². The Bertz CT molecular complexity index is 1800. The number of non-ortho nitro benzene ring substituents is 1. The minimum atomic E-state index is -1.25. The summed E-state index contributed by atoms with van der Waals surface area (Å²) in [5.74, 6) is -5.07. The van der Waals surface area contributed by atoms with Crippen LogP contribution in [0.1, 0.15) is 36.8 Å². The predicted molar refractivity (Wildman–Crippen MR) is 159 cm³/mol. The van der Waals surface area contributed by atoms with Crippen LogP contribution < -0.4 is 9.80 Å². The number of para-hydroxylation sites is 2. The average molecular weight is 592 g/mol. The second-order valence-electron chi connectivity index (χ2n) is 12.3. The number of carbonyl (C=O) groups excluding carboxylic acids is 4. The summed E-state index contributed by atoms with van der Waals surface area (Å²) < 4.78 is 0. The van der Waals surface area contributed by atoms with Crippen LogP contribution in [-0.2, 0) is 19.2 Å². The van der Waals surface area contributed by atoms with Crippen molar-refractivity contribution in [3.8, 4) is 5.75 Å². The highest BCUT2D eigenvalue weighted by Crippen LogP contribution is 2.64. The van der Waals surface area contributed by atoms with Crippen molar-refractivity contribution in [3.63, 3.8) is 0 Å². The number of nitro benzene ring substituents is 1. The van der Waals surface area contributed by atoms with Crippen molar-refractivity contribution >= 4 is 40.7 Å². The van der Waals surface area contributed by atoms with Gasteiger partial charge in [0, 0.05) is 23.6 Å². The molecule has 2 aliphatic carbocycles. The molecule has 0 aromatic heterocycles. The Labute approximate surface area is 252 Å². The van der Waals surface area contributed by atoms with Crippen molar-refractivity contribution in [1.82, 2.24) is 0 Å². The first-order valence-electron chi connectivity index (χ1n) is 14.6. The van der Waals surface area contributed by atoms with E-state index in [1.165, 1.54) is 29.2 Å². The standard InChI is InChI=1S/C34H29N3O7/c1-18-7-6-10-24(29(18)38)28-22-15-16-23-27(32(41)35(30(23)39)20-11-13-21(14-12-20)37(43)44)25(22)17-26-31(40)36(33(42)34(26,28)2)19-8-4-3-5-9-19/h3-15,23,25-28,38H,16-17H2,1-2H3. The number of phenolic OH excluding ortho intramolecular Hbond substituents is 1. The van der Waals surface area contributed by atoms with Crippen molar-refractivity contribution in [2.75, 3.05) is 9.80 Å². The number of benzene rings is 3. The first kappa shape index (κ1) is 27.7. The molecule has 1 N–H and O–H groups in total. The number of carbonyl (C=O) groups is 4. The SMILES string of the molecule is Cc1cccc(C2C3=CCC4C(=O)N(c5ccc([N+](=O)[O-])cc5)C(=O)C4C3CC3C(=O)N(c4ccccc4)C(=O)C32C)c1O. The fourth-order valence-corrected chi connectivity index (χ4v) is 8.08. The molecule has 4 amide bonds. The normalized spacial score (nSPS) is 29.3.